The first-order chi connectivity index (χ1) is 12.9. The maximum atomic E-state index is 13.0. The van der Waals surface area contributed by atoms with E-state index in [0.717, 1.165) is 43.9 Å². The second-order valence-corrected chi connectivity index (χ2v) is 8.56. The molecule has 0 heterocycles. The zero-order valence-electron chi connectivity index (χ0n) is 14.7. The molecular weight excluding hydrogens is 352 g/mol. The van der Waals surface area contributed by atoms with Crippen LogP contribution in [0.2, 0.25) is 0 Å². The first-order valence-electron chi connectivity index (χ1n) is 9.57. The van der Waals surface area contributed by atoms with Gasteiger partial charge in [-0.2, -0.15) is 0 Å². The van der Waals surface area contributed by atoms with E-state index in [4.69, 9.17) is 4.74 Å². The summed E-state index contributed by atoms with van der Waals surface area (Å²) in [4.78, 5) is 33.8. The summed E-state index contributed by atoms with van der Waals surface area (Å²) in [6, 6.07) is 3.04. The molecule has 0 spiro atoms. The van der Waals surface area contributed by atoms with E-state index in [0.29, 0.717) is 29.6 Å². The van der Waals surface area contributed by atoms with Crippen molar-refractivity contribution in [3.63, 3.8) is 0 Å². The van der Waals surface area contributed by atoms with E-state index in [1.807, 2.05) is 0 Å². The minimum atomic E-state index is -0.722. The number of carbonyl (C=O) groups excluding carboxylic acids is 1. The normalized spacial score (nSPS) is 38.0. The maximum absolute atomic E-state index is 13.0. The van der Waals surface area contributed by atoms with Crippen molar-refractivity contribution in [1.82, 2.24) is 0 Å². The number of esters is 1. The lowest BCUT2D eigenvalue weighted by molar-refractivity contribution is -0.394. The van der Waals surface area contributed by atoms with Gasteiger partial charge in [-0.25, -0.2) is 4.79 Å². The summed E-state index contributed by atoms with van der Waals surface area (Å²) in [7, 11) is 0. The number of ether oxygens (including phenoxy) is 1. The summed E-state index contributed by atoms with van der Waals surface area (Å²) < 4.78 is 6.16. The second kappa shape index (κ2) is 5.50. The average Bonchev–Trinajstić information content (AvgIpc) is 3.40. The van der Waals surface area contributed by atoms with E-state index in [1.165, 1.54) is 12.8 Å². The van der Waals surface area contributed by atoms with Crippen LogP contribution in [0.15, 0.2) is 18.2 Å². The lowest BCUT2D eigenvalue weighted by Gasteiger charge is -2.46. The molecule has 4 atom stereocenters. The first-order valence-corrected chi connectivity index (χ1v) is 9.57. The molecule has 0 radical (unpaired) electrons. The second-order valence-electron chi connectivity index (χ2n) is 8.56. The SMILES string of the molecule is O=C(OC12C([C@@H]3CC[C@@H]1C3)[C@@H]1CC[C@@H]2C1)c1cc([N+](=O)[O-])cc([N+](=O)[O-])c1. The van der Waals surface area contributed by atoms with Gasteiger partial charge in [0.15, 0.2) is 0 Å². The fourth-order valence-electron chi connectivity index (χ4n) is 6.88. The van der Waals surface area contributed by atoms with Crippen LogP contribution in [0.25, 0.3) is 0 Å². The third kappa shape index (κ3) is 2.18. The lowest BCUT2D eigenvalue weighted by Crippen LogP contribution is -2.51. The number of hydrogen-bond acceptors (Lipinski definition) is 6. The molecule has 27 heavy (non-hydrogen) atoms. The number of nitrogens with zero attached hydrogens (tertiary/aromatic N) is 2. The van der Waals surface area contributed by atoms with Crippen molar-refractivity contribution in [2.45, 2.75) is 44.1 Å². The minimum absolute atomic E-state index is 0.102. The number of benzene rings is 1. The highest BCUT2D eigenvalue weighted by Crippen LogP contribution is 2.71. The highest BCUT2D eigenvalue weighted by Gasteiger charge is 2.71. The van der Waals surface area contributed by atoms with Crippen molar-refractivity contribution in [1.29, 1.82) is 0 Å². The Morgan fingerprint density at radius 1 is 0.926 bits per heavy atom. The number of non-ortho nitro benzene ring substituents is 2. The predicted octanol–water partition coefficient (Wildman–Crippen LogP) is 3.87. The third-order valence-electron chi connectivity index (χ3n) is 7.59. The molecule has 1 aromatic rings. The van der Waals surface area contributed by atoms with Crippen LogP contribution in [0.3, 0.4) is 0 Å². The Bertz CT molecular complexity index is 814. The van der Waals surface area contributed by atoms with Crippen LogP contribution in [0.5, 0.6) is 0 Å². The molecule has 0 aromatic heterocycles. The smallest absolute Gasteiger partial charge is 0.339 e. The Kier molecular flexibility index (Phi) is 3.39. The molecule has 5 rings (SSSR count). The summed E-state index contributed by atoms with van der Waals surface area (Å²) in [5.74, 6) is 1.68. The van der Waals surface area contributed by atoms with Gasteiger partial charge >= 0.3 is 5.97 Å². The fourth-order valence-corrected chi connectivity index (χ4v) is 6.88. The van der Waals surface area contributed by atoms with Gasteiger partial charge in [-0.05, 0) is 62.2 Å². The van der Waals surface area contributed by atoms with Gasteiger partial charge < -0.3 is 4.74 Å². The molecule has 4 aliphatic rings. The zero-order valence-corrected chi connectivity index (χ0v) is 14.7. The molecule has 4 bridgehead atoms. The Labute approximate surface area is 155 Å². The van der Waals surface area contributed by atoms with Crippen molar-refractivity contribution in [3.8, 4) is 0 Å². The van der Waals surface area contributed by atoms with Crippen molar-refractivity contribution < 1.29 is 19.4 Å². The van der Waals surface area contributed by atoms with Crippen LogP contribution >= 0.6 is 0 Å². The molecule has 1 aromatic carbocycles. The Balaban J connectivity index is 1.50. The van der Waals surface area contributed by atoms with Crippen LogP contribution in [-0.2, 0) is 4.74 Å². The number of nitro groups is 2. The number of rotatable bonds is 4. The van der Waals surface area contributed by atoms with E-state index in [-0.39, 0.29) is 5.56 Å². The van der Waals surface area contributed by atoms with E-state index < -0.39 is 32.8 Å². The number of nitro benzene ring substituents is 2. The van der Waals surface area contributed by atoms with Gasteiger partial charge in [0, 0.05) is 18.1 Å². The minimum Gasteiger partial charge on any atom is -0.455 e. The standard InChI is InChI=1S/C19H20N2O6/c22-18(12-7-15(20(23)24)9-16(8-12)21(25)26)27-19-13-3-1-10(5-13)17(19)11-2-4-14(19)6-11/h7-11,13-14,17H,1-6H2/t10-,11-,13-,14-,17?,19?/m1/s1. The Morgan fingerprint density at radius 2 is 1.44 bits per heavy atom. The third-order valence-corrected chi connectivity index (χ3v) is 7.59. The van der Waals surface area contributed by atoms with E-state index in [1.54, 1.807) is 0 Å². The molecule has 0 unspecified atom stereocenters. The van der Waals surface area contributed by atoms with Crippen molar-refractivity contribution in [2.75, 3.05) is 0 Å². The fraction of sp³-hybridized carbons (Fsp3) is 0.632. The summed E-state index contributed by atoms with van der Waals surface area (Å²) >= 11 is 0. The maximum Gasteiger partial charge on any atom is 0.339 e. The summed E-state index contributed by atoms with van der Waals surface area (Å²) in [5, 5.41) is 22.2. The number of fused-ring (bicyclic) bond motifs is 9. The number of hydrogen-bond donors (Lipinski definition) is 0. The van der Waals surface area contributed by atoms with Gasteiger partial charge in [-0.1, -0.05) is 0 Å². The molecular formula is C19H20N2O6. The average molecular weight is 372 g/mol. The van der Waals surface area contributed by atoms with E-state index in [9.17, 15) is 25.0 Å². The molecule has 0 aliphatic heterocycles. The van der Waals surface area contributed by atoms with Crippen LogP contribution in [0.1, 0.15) is 48.9 Å². The van der Waals surface area contributed by atoms with Gasteiger partial charge in [-0.3, -0.25) is 20.2 Å². The number of carbonyl (C=O) groups is 1. The molecule has 0 N–H and O–H groups in total. The molecule has 4 fully saturated rings. The summed E-state index contributed by atoms with van der Waals surface area (Å²) in [5.41, 5.74) is -1.49. The van der Waals surface area contributed by atoms with Crippen LogP contribution in [0, 0.1) is 49.8 Å². The molecule has 8 nitrogen and oxygen atoms in total. The topological polar surface area (TPSA) is 113 Å². The summed E-state index contributed by atoms with van der Waals surface area (Å²) in [6.45, 7) is 0. The Hall–Kier alpha value is -2.51. The van der Waals surface area contributed by atoms with Crippen molar-refractivity contribution >= 4 is 17.3 Å². The van der Waals surface area contributed by atoms with Crippen molar-refractivity contribution in [3.05, 3.63) is 44.0 Å². The van der Waals surface area contributed by atoms with Crippen molar-refractivity contribution in [2.24, 2.45) is 29.6 Å². The lowest BCUT2D eigenvalue weighted by atomic mass is 9.67. The van der Waals surface area contributed by atoms with Gasteiger partial charge in [0.2, 0.25) is 0 Å². The van der Waals surface area contributed by atoms with Crippen LogP contribution in [0.4, 0.5) is 11.4 Å². The highest BCUT2D eigenvalue weighted by atomic mass is 16.6. The largest absolute Gasteiger partial charge is 0.455 e. The van der Waals surface area contributed by atoms with E-state index in [2.05, 4.69) is 0 Å². The quantitative estimate of drug-likeness (QED) is 0.343. The van der Waals surface area contributed by atoms with Gasteiger partial charge in [0.1, 0.15) is 5.60 Å². The highest BCUT2D eigenvalue weighted by molar-refractivity contribution is 5.91. The Morgan fingerprint density at radius 3 is 1.93 bits per heavy atom. The van der Waals surface area contributed by atoms with Gasteiger partial charge in [-0.15, -0.1) is 0 Å². The van der Waals surface area contributed by atoms with Crippen LogP contribution < -0.4 is 0 Å². The monoisotopic (exact) mass is 372 g/mol. The molecule has 4 saturated carbocycles. The molecule has 0 saturated heterocycles. The zero-order chi connectivity index (χ0) is 18.9. The van der Waals surface area contributed by atoms with Crippen LogP contribution in [-0.4, -0.2) is 21.4 Å². The van der Waals surface area contributed by atoms with Gasteiger partial charge in [0.25, 0.3) is 11.4 Å². The predicted molar refractivity (Wildman–Crippen MR) is 93.0 cm³/mol. The molecule has 8 heteroatoms. The first kappa shape index (κ1) is 16.6. The molecule has 0 amide bonds. The molecule has 142 valence electrons. The summed E-state index contributed by atoms with van der Waals surface area (Å²) in [6.07, 6.45) is 6.71. The molecule has 4 aliphatic carbocycles. The van der Waals surface area contributed by atoms with Gasteiger partial charge in [0.05, 0.1) is 21.5 Å². The van der Waals surface area contributed by atoms with E-state index >= 15 is 0 Å².